The lowest BCUT2D eigenvalue weighted by Gasteiger charge is -2.22. The minimum Gasteiger partial charge on any atom is -0.460 e. The van der Waals surface area contributed by atoms with Crippen molar-refractivity contribution in [3.05, 3.63) is 12.2 Å². The van der Waals surface area contributed by atoms with Crippen molar-refractivity contribution in [2.24, 2.45) is 0 Å². The summed E-state index contributed by atoms with van der Waals surface area (Å²) in [6, 6.07) is 0. The van der Waals surface area contributed by atoms with Gasteiger partial charge in [0.2, 0.25) is 0 Å². The van der Waals surface area contributed by atoms with Crippen molar-refractivity contribution in [3.8, 4) is 0 Å². The molecule has 1 aliphatic rings. The van der Waals surface area contributed by atoms with Crippen molar-refractivity contribution < 1.29 is 42.7 Å². The molecule has 1 rings (SSSR count). The maximum absolute atomic E-state index is 11.1. The summed E-state index contributed by atoms with van der Waals surface area (Å²) in [7, 11) is 0. The molecule has 1 atom stereocenters. The minimum atomic E-state index is -0.404. The van der Waals surface area contributed by atoms with E-state index in [2.05, 4.69) is 6.58 Å². The van der Waals surface area contributed by atoms with Gasteiger partial charge in [-0.15, -0.1) is 0 Å². The first-order valence-electron chi connectivity index (χ1n) is 10.6. The Hall–Kier alpha value is -1.07. The van der Waals surface area contributed by atoms with E-state index >= 15 is 0 Å². The van der Waals surface area contributed by atoms with Crippen LogP contribution >= 0.6 is 0 Å². The molecule has 0 spiro atoms. The third-order valence-corrected chi connectivity index (χ3v) is 3.97. The first-order chi connectivity index (χ1) is 14.7. The molecule has 0 N–H and O–H groups in total. The van der Waals surface area contributed by atoms with Gasteiger partial charge < -0.3 is 37.9 Å². The molecule has 1 unspecified atom stereocenters. The smallest absolute Gasteiger partial charge is 0.333 e. The van der Waals surface area contributed by atoms with Gasteiger partial charge in [0, 0.05) is 12.2 Å². The summed E-state index contributed by atoms with van der Waals surface area (Å²) in [6.45, 7) is 11.5. The summed E-state index contributed by atoms with van der Waals surface area (Å²) in [4.78, 5) is 11.1. The van der Waals surface area contributed by atoms with Crippen molar-refractivity contribution in [2.45, 2.75) is 32.5 Å². The number of rotatable bonds is 20. The lowest BCUT2D eigenvalue weighted by atomic mass is 10.2. The van der Waals surface area contributed by atoms with Gasteiger partial charge in [-0.2, -0.15) is 0 Å². The zero-order valence-electron chi connectivity index (χ0n) is 18.3. The zero-order valence-corrected chi connectivity index (χ0v) is 18.3. The molecule has 9 heteroatoms. The van der Waals surface area contributed by atoms with Gasteiger partial charge in [-0.3, -0.25) is 0 Å². The SMILES string of the molecule is C=C(C)C(=O)OCCOCCOCCOCCOCCOCCOC1CCCCO1. The summed E-state index contributed by atoms with van der Waals surface area (Å²) in [5.41, 5.74) is 0.378. The van der Waals surface area contributed by atoms with Gasteiger partial charge in [-0.25, -0.2) is 4.79 Å². The number of carbonyl (C=O) groups excluding carboxylic acids is 1. The molecule has 0 aliphatic carbocycles. The van der Waals surface area contributed by atoms with E-state index in [1.807, 2.05) is 0 Å². The maximum atomic E-state index is 11.1. The van der Waals surface area contributed by atoms with Gasteiger partial charge in [0.1, 0.15) is 6.61 Å². The monoisotopic (exact) mass is 434 g/mol. The van der Waals surface area contributed by atoms with Crippen LogP contribution < -0.4 is 0 Å². The van der Waals surface area contributed by atoms with Gasteiger partial charge in [0.15, 0.2) is 6.29 Å². The Kier molecular flexibility index (Phi) is 17.9. The fraction of sp³-hybridized carbons (Fsp3) is 0.857. The Balaban J connectivity index is 1.67. The second-order valence-electron chi connectivity index (χ2n) is 6.65. The van der Waals surface area contributed by atoms with Crippen LogP contribution in [-0.2, 0) is 42.7 Å². The Bertz CT molecular complexity index is 425. The van der Waals surface area contributed by atoms with Gasteiger partial charge in [-0.05, 0) is 26.2 Å². The van der Waals surface area contributed by atoms with Crippen LogP contribution in [0, 0.1) is 0 Å². The number of ether oxygens (including phenoxy) is 8. The van der Waals surface area contributed by atoms with Crippen LogP contribution in [0.15, 0.2) is 12.2 Å². The molecule has 1 heterocycles. The molecule has 0 amide bonds. The molecule has 0 bridgehead atoms. The average molecular weight is 435 g/mol. The van der Waals surface area contributed by atoms with Gasteiger partial charge in [-0.1, -0.05) is 6.58 Å². The van der Waals surface area contributed by atoms with Crippen molar-refractivity contribution in [2.75, 3.05) is 85.9 Å². The molecule has 30 heavy (non-hydrogen) atoms. The van der Waals surface area contributed by atoms with Crippen molar-refractivity contribution in [1.29, 1.82) is 0 Å². The van der Waals surface area contributed by atoms with E-state index in [-0.39, 0.29) is 12.9 Å². The lowest BCUT2D eigenvalue weighted by Crippen LogP contribution is -2.24. The Morgan fingerprint density at radius 3 is 1.67 bits per heavy atom. The fourth-order valence-electron chi connectivity index (χ4n) is 2.38. The molecule has 176 valence electrons. The molecule has 1 fully saturated rings. The highest BCUT2D eigenvalue weighted by Gasteiger charge is 2.13. The van der Waals surface area contributed by atoms with Gasteiger partial charge in [0.05, 0.1) is 72.7 Å². The van der Waals surface area contributed by atoms with E-state index in [1.54, 1.807) is 6.92 Å². The van der Waals surface area contributed by atoms with E-state index in [9.17, 15) is 4.79 Å². The van der Waals surface area contributed by atoms with E-state index in [4.69, 9.17) is 37.9 Å². The summed E-state index contributed by atoms with van der Waals surface area (Å²) in [6.07, 6.45) is 3.19. The van der Waals surface area contributed by atoms with E-state index in [0.29, 0.717) is 78.2 Å². The predicted octanol–water partition coefficient (Wildman–Crippen LogP) is 1.73. The van der Waals surface area contributed by atoms with E-state index in [1.165, 1.54) is 6.42 Å². The molecule has 0 aromatic rings. The minimum absolute atomic E-state index is 0.0643. The third kappa shape index (κ3) is 16.7. The molecular formula is C21H38O9. The zero-order chi connectivity index (χ0) is 21.7. The molecule has 1 aliphatic heterocycles. The average Bonchev–Trinajstić information content (AvgIpc) is 2.75. The molecule has 9 nitrogen and oxygen atoms in total. The van der Waals surface area contributed by atoms with Crippen LogP contribution in [0.25, 0.3) is 0 Å². The third-order valence-electron chi connectivity index (χ3n) is 3.97. The van der Waals surface area contributed by atoms with Crippen molar-refractivity contribution >= 4 is 5.97 Å². The summed E-state index contributed by atoms with van der Waals surface area (Å²) in [5, 5.41) is 0. The van der Waals surface area contributed by atoms with Crippen LogP contribution in [0.1, 0.15) is 26.2 Å². The van der Waals surface area contributed by atoms with E-state index in [0.717, 1.165) is 19.4 Å². The highest BCUT2D eigenvalue weighted by Crippen LogP contribution is 2.13. The van der Waals surface area contributed by atoms with Crippen molar-refractivity contribution in [1.82, 2.24) is 0 Å². The van der Waals surface area contributed by atoms with Crippen LogP contribution in [-0.4, -0.2) is 98.1 Å². The van der Waals surface area contributed by atoms with Crippen LogP contribution in [0.4, 0.5) is 0 Å². The molecular weight excluding hydrogens is 396 g/mol. The summed E-state index contributed by atoms with van der Waals surface area (Å²) < 4.78 is 42.9. The normalized spacial score (nSPS) is 16.5. The Morgan fingerprint density at radius 2 is 1.23 bits per heavy atom. The fourth-order valence-corrected chi connectivity index (χ4v) is 2.38. The number of esters is 1. The number of hydrogen-bond donors (Lipinski definition) is 0. The van der Waals surface area contributed by atoms with Crippen molar-refractivity contribution in [3.63, 3.8) is 0 Å². The summed E-state index contributed by atoms with van der Waals surface area (Å²) >= 11 is 0. The van der Waals surface area contributed by atoms with Gasteiger partial charge in [0.25, 0.3) is 0 Å². The van der Waals surface area contributed by atoms with Crippen LogP contribution in [0.3, 0.4) is 0 Å². The number of carbonyl (C=O) groups is 1. The highest BCUT2D eigenvalue weighted by molar-refractivity contribution is 5.86. The molecule has 0 saturated carbocycles. The molecule has 0 radical (unpaired) electrons. The van der Waals surface area contributed by atoms with Crippen LogP contribution in [0.5, 0.6) is 0 Å². The molecule has 1 saturated heterocycles. The second-order valence-corrected chi connectivity index (χ2v) is 6.65. The lowest BCUT2D eigenvalue weighted by molar-refractivity contribution is -0.169. The van der Waals surface area contributed by atoms with Crippen LogP contribution in [0.2, 0.25) is 0 Å². The molecule has 0 aromatic heterocycles. The first-order valence-corrected chi connectivity index (χ1v) is 10.6. The highest BCUT2D eigenvalue weighted by atomic mass is 16.7. The number of hydrogen-bond acceptors (Lipinski definition) is 9. The maximum Gasteiger partial charge on any atom is 0.333 e. The largest absolute Gasteiger partial charge is 0.460 e. The first kappa shape index (κ1) is 27.0. The quantitative estimate of drug-likeness (QED) is 0.161. The standard InChI is InChI=1S/C21H38O9/c1-19(2)21(22)30-18-16-27-14-12-25-10-8-23-7-9-24-11-13-26-15-17-29-20-5-3-4-6-28-20/h20H,1,3-18H2,2H3. The topological polar surface area (TPSA) is 90.9 Å². The molecule has 0 aromatic carbocycles. The second kappa shape index (κ2) is 19.9. The predicted molar refractivity (Wildman–Crippen MR) is 109 cm³/mol. The van der Waals surface area contributed by atoms with E-state index < -0.39 is 5.97 Å². The Labute approximate surface area is 179 Å². The van der Waals surface area contributed by atoms with Gasteiger partial charge >= 0.3 is 5.97 Å². The Morgan fingerprint density at radius 1 is 0.767 bits per heavy atom. The summed E-state index contributed by atoms with van der Waals surface area (Å²) in [5.74, 6) is -0.404.